The lowest BCUT2D eigenvalue weighted by Crippen LogP contribution is -2.04. The van der Waals surface area contributed by atoms with Crippen LogP contribution in [0.15, 0.2) is 176 Å². The standard InChI is InChI=1S/C47H29N5/c1-48-35-16-12-15-34(27-35)42-30-41(31-13-4-2-5-14-31)49-47(50-42)52-44-22-11-9-20-38(44)40-29-33(24-26-46(40)52)32-23-25-45-39(28-32)37-19-8-10-21-43(37)51(45)36-17-6-3-7-18-36/h2-30H. The first-order valence-electron chi connectivity index (χ1n) is 17.3. The topological polar surface area (TPSA) is 40.0 Å². The van der Waals surface area contributed by atoms with Crippen molar-refractivity contribution in [2.24, 2.45) is 0 Å². The fourth-order valence-electron chi connectivity index (χ4n) is 7.55. The molecule has 7 aromatic carbocycles. The zero-order chi connectivity index (χ0) is 34.6. The Hall–Kier alpha value is -7.29. The Kier molecular flexibility index (Phi) is 6.80. The van der Waals surface area contributed by atoms with Crippen LogP contribution in [0.2, 0.25) is 0 Å². The van der Waals surface area contributed by atoms with E-state index >= 15 is 0 Å². The summed E-state index contributed by atoms with van der Waals surface area (Å²) in [6, 6.07) is 61.0. The zero-order valence-corrected chi connectivity index (χ0v) is 28.0. The van der Waals surface area contributed by atoms with Crippen LogP contribution in [0.4, 0.5) is 5.69 Å². The van der Waals surface area contributed by atoms with Crippen LogP contribution in [0, 0.1) is 6.57 Å². The maximum atomic E-state index is 7.59. The average molecular weight is 664 g/mol. The van der Waals surface area contributed by atoms with E-state index in [-0.39, 0.29) is 0 Å². The van der Waals surface area contributed by atoms with Crippen LogP contribution in [-0.2, 0) is 0 Å². The fraction of sp³-hybridized carbons (Fsp3) is 0. The van der Waals surface area contributed by atoms with E-state index in [1.807, 2.05) is 48.5 Å². The van der Waals surface area contributed by atoms with E-state index in [0.29, 0.717) is 11.6 Å². The highest BCUT2D eigenvalue weighted by Crippen LogP contribution is 2.38. The maximum absolute atomic E-state index is 7.59. The summed E-state index contributed by atoms with van der Waals surface area (Å²) in [5.74, 6) is 0.582. The number of fused-ring (bicyclic) bond motifs is 6. The molecule has 0 radical (unpaired) electrons. The molecule has 0 N–H and O–H groups in total. The van der Waals surface area contributed by atoms with Gasteiger partial charge in [0.25, 0.3) is 0 Å². The van der Waals surface area contributed by atoms with Gasteiger partial charge in [0.15, 0.2) is 5.69 Å². The molecular formula is C47H29N5. The summed E-state index contributed by atoms with van der Waals surface area (Å²) in [5, 5.41) is 4.71. The summed E-state index contributed by atoms with van der Waals surface area (Å²) in [5.41, 5.74) is 11.9. The lowest BCUT2D eigenvalue weighted by atomic mass is 10.0. The number of aromatic nitrogens is 4. The van der Waals surface area contributed by atoms with Crippen molar-refractivity contribution in [2.75, 3.05) is 0 Å². The Labute approximate surface area is 300 Å². The Morgan fingerprint density at radius 3 is 1.56 bits per heavy atom. The highest BCUT2D eigenvalue weighted by molar-refractivity contribution is 6.12. The van der Waals surface area contributed by atoms with Crippen molar-refractivity contribution < 1.29 is 0 Å². The zero-order valence-electron chi connectivity index (χ0n) is 28.0. The van der Waals surface area contributed by atoms with Crippen LogP contribution in [0.1, 0.15) is 0 Å². The highest BCUT2D eigenvalue weighted by Gasteiger charge is 2.19. The van der Waals surface area contributed by atoms with E-state index < -0.39 is 0 Å². The van der Waals surface area contributed by atoms with Gasteiger partial charge in [-0.2, -0.15) is 0 Å². The minimum absolute atomic E-state index is 0.575. The third-order valence-electron chi connectivity index (χ3n) is 9.95. The van der Waals surface area contributed by atoms with E-state index in [1.165, 1.54) is 21.8 Å². The summed E-state index contributed by atoms with van der Waals surface area (Å²) in [6.07, 6.45) is 0. The number of benzene rings is 7. The second-order valence-electron chi connectivity index (χ2n) is 13.0. The molecule has 5 heteroatoms. The van der Waals surface area contributed by atoms with Crippen molar-refractivity contribution in [3.05, 3.63) is 187 Å². The Bertz CT molecular complexity index is 3020. The summed E-state index contributed by atoms with van der Waals surface area (Å²) < 4.78 is 4.51. The van der Waals surface area contributed by atoms with Crippen LogP contribution in [0.25, 0.3) is 93.7 Å². The molecule has 0 atom stereocenters. The number of hydrogen-bond donors (Lipinski definition) is 0. The maximum Gasteiger partial charge on any atom is 0.235 e. The summed E-state index contributed by atoms with van der Waals surface area (Å²) in [6.45, 7) is 7.59. The van der Waals surface area contributed by atoms with Crippen molar-refractivity contribution >= 4 is 49.3 Å². The van der Waals surface area contributed by atoms with E-state index in [9.17, 15) is 0 Å². The van der Waals surface area contributed by atoms with E-state index in [1.54, 1.807) is 0 Å². The van der Waals surface area contributed by atoms with E-state index in [0.717, 1.165) is 61.1 Å². The molecule has 242 valence electrons. The smallest absolute Gasteiger partial charge is 0.235 e. The molecule has 0 aliphatic rings. The van der Waals surface area contributed by atoms with Crippen LogP contribution >= 0.6 is 0 Å². The molecule has 0 amide bonds. The van der Waals surface area contributed by atoms with E-state index in [4.69, 9.17) is 16.5 Å². The summed E-state index contributed by atoms with van der Waals surface area (Å²) in [4.78, 5) is 14.0. The molecule has 0 spiro atoms. The summed E-state index contributed by atoms with van der Waals surface area (Å²) >= 11 is 0. The predicted molar refractivity (Wildman–Crippen MR) is 213 cm³/mol. The minimum atomic E-state index is 0.575. The van der Waals surface area contributed by atoms with Gasteiger partial charge in [0.05, 0.1) is 40.0 Å². The lowest BCUT2D eigenvalue weighted by Gasteiger charge is -2.12. The minimum Gasteiger partial charge on any atom is -0.309 e. The normalized spacial score (nSPS) is 11.4. The molecular weight excluding hydrogens is 635 g/mol. The van der Waals surface area contributed by atoms with Gasteiger partial charge in [-0.1, -0.05) is 115 Å². The van der Waals surface area contributed by atoms with Crippen LogP contribution in [-0.4, -0.2) is 19.1 Å². The molecule has 0 aliphatic heterocycles. The van der Waals surface area contributed by atoms with Crippen LogP contribution < -0.4 is 0 Å². The number of para-hydroxylation sites is 3. The third-order valence-corrected chi connectivity index (χ3v) is 9.95. The molecule has 5 nitrogen and oxygen atoms in total. The molecule has 10 aromatic rings. The molecule has 0 saturated carbocycles. The number of rotatable bonds is 5. The second-order valence-corrected chi connectivity index (χ2v) is 13.0. The number of nitrogens with zero attached hydrogens (tertiary/aromatic N) is 5. The monoisotopic (exact) mass is 663 g/mol. The van der Waals surface area contributed by atoms with Crippen molar-refractivity contribution in [3.63, 3.8) is 0 Å². The molecule has 3 aromatic heterocycles. The quantitative estimate of drug-likeness (QED) is 0.172. The second kappa shape index (κ2) is 11.9. The molecule has 0 saturated heterocycles. The largest absolute Gasteiger partial charge is 0.309 e. The molecule has 0 aliphatic carbocycles. The molecule has 10 rings (SSSR count). The first-order valence-corrected chi connectivity index (χ1v) is 17.3. The third kappa shape index (κ3) is 4.78. The SMILES string of the molecule is [C-]#[N+]c1cccc(-c2cc(-c3ccccc3)nc(-n3c4ccccc4c4cc(-c5ccc6c(c5)c5ccccc5n6-c5ccccc5)ccc43)n2)c1. The molecule has 52 heavy (non-hydrogen) atoms. The van der Waals surface area contributed by atoms with Gasteiger partial charge in [-0.3, -0.25) is 4.57 Å². The van der Waals surface area contributed by atoms with Crippen molar-refractivity contribution in [1.82, 2.24) is 19.1 Å². The van der Waals surface area contributed by atoms with Gasteiger partial charge in [-0.05, 0) is 77.4 Å². The van der Waals surface area contributed by atoms with Crippen LogP contribution in [0.5, 0.6) is 0 Å². The van der Waals surface area contributed by atoms with Crippen molar-refractivity contribution in [1.29, 1.82) is 0 Å². The number of hydrogen-bond acceptors (Lipinski definition) is 2. The van der Waals surface area contributed by atoms with Gasteiger partial charge in [-0.15, -0.1) is 0 Å². The Morgan fingerprint density at radius 2 is 0.904 bits per heavy atom. The molecule has 3 heterocycles. The van der Waals surface area contributed by atoms with E-state index in [2.05, 4.69) is 141 Å². The molecule has 0 fully saturated rings. The van der Waals surface area contributed by atoms with Gasteiger partial charge in [0.1, 0.15) is 0 Å². The van der Waals surface area contributed by atoms with Crippen LogP contribution in [0.3, 0.4) is 0 Å². The first kappa shape index (κ1) is 29.6. The van der Waals surface area contributed by atoms with Crippen molar-refractivity contribution in [3.8, 4) is 45.3 Å². The fourth-order valence-corrected chi connectivity index (χ4v) is 7.55. The Balaban J connectivity index is 1.17. The average Bonchev–Trinajstić information content (AvgIpc) is 3.73. The van der Waals surface area contributed by atoms with Gasteiger partial charge < -0.3 is 4.57 Å². The highest BCUT2D eigenvalue weighted by atomic mass is 15.2. The van der Waals surface area contributed by atoms with Gasteiger partial charge in [0, 0.05) is 32.8 Å². The summed E-state index contributed by atoms with van der Waals surface area (Å²) in [7, 11) is 0. The molecule has 0 unspecified atom stereocenters. The predicted octanol–water partition coefficient (Wildman–Crippen LogP) is 12.2. The Morgan fingerprint density at radius 1 is 0.385 bits per heavy atom. The lowest BCUT2D eigenvalue weighted by molar-refractivity contribution is 0.996. The molecule has 0 bridgehead atoms. The first-order chi connectivity index (χ1) is 25.7. The van der Waals surface area contributed by atoms with Crippen molar-refractivity contribution in [2.45, 2.75) is 0 Å². The van der Waals surface area contributed by atoms with Gasteiger partial charge >= 0.3 is 0 Å². The van der Waals surface area contributed by atoms with Gasteiger partial charge in [0.2, 0.25) is 5.95 Å². The van der Waals surface area contributed by atoms with Gasteiger partial charge in [-0.25, -0.2) is 14.8 Å².